The third-order valence-corrected chi connectivity index (χ3v) is 0.780. The van der Waals surface area contributed by atoms with E-state index in [9.17, 15) is 0 Å². The van der Waals surface area contributed by atoms with E-state index in [0.717, 1.165) is 5.76 Å². The minimum Gasteiger partial charge on any atom is -0.497 e. The molecule has 0 bridgehead atoms. The van der Waals surface area contributed by atoms with Crippen LogP contribution < -0.4 is 5.48 Å². The summed E-state index contributed by atoms with van der Waals surface area (Å²) in [7, 11) is 1.61. The average Bonchev–Trinajstić information content (AvgIpc) is 2.14. The molecular formula is C4H7NO2. The minimum absolute atomic E-state index is 0.538. The molecule has 0 saturated carbocycles. The Morgan fingerprint density at radius 1 is 2.00 bits per heavy atom. The molecule has 1 aliphatic heterocycles. The standard InChI is InChI=1S/C4H7NO2/c1-6-4-2-5-7-3-4/h2,5H,3H2,1H3. The van der Waals surface area contributed by atoms with E-state index >= 15 is 0 Å². The van der Waals surface area contributed by atoms with Gasteiger partial charge in [-0.05, 0) is 0 Å². The number of hydrogen-bond donors (Lipinski definition) is 1. The first-order valence-electron chi connectivity index (χ1n) is 2.04. The highest BCUT2D eigenvalue weighted by molar-refractivity contribution is 4.92. The van der Waals surface area contributed by atoms with Gasteiger partial charge in [-0.3, -0.25) is 10.3 Å². The molecule has 40 valence electrons. The van der Waals surface area contributed by atoms with Crippen LogP contribution >= 0.6 is 0 Å². The van der Waals surface area contributed by atoms with E-state index in [1.54, 1.807) is 13.3 Å². The molecule has 0 aliphatic carbocycles. The number of ether oxygens (including phenoxy) is 1. The predicted molar refractivity (Wildman–Crippen MR) is 24.2 cm³/mol. The largest absolute Gasteiger partial charge is 0.497 e. The van der Waals surface area contributed by atoms with Crippen LogP contribution in [0.1, 0.15) is 0 Å². The molecule has 0 unspecified atom stereocenters. The van der Waals surface area contributed by atoms with Gasteiger partial charge >= 0.3 is 0 Å². The third kappa shape index (κ3) is 0.838. The van der Waals surface area contributed by atoms with Crippen LogP contribution in [0.4, 0.5) is 0 Å². The summed E-state index contributed by atoms with van der Waals surface area (Å²) in [5.74, 6) is 0.833. The van der Waals surface area contributed by atoms with Crippen LogP contribution in [0.15, 0.2) is 12.0 Å². The Morgan fingerprint density at radius 3 is 3.14 bits per heavy atom. The fourth-order valence-corrected chi connectivity index (χ4v) is 0.380. The van der Waals surface area contributed by atoms with Gasteiger partial charge in [-0.15, -0.1) is 0 Å². The van der Waals surface area contributed by atoms with Crippen LogP contribution in [0.25, 0.3) is 0 Å². The summed E-state index contributed by atoms with van der Waals surface area (Å²) in [6.07, 6.45) is 1.68. The van der Waals surface area contributed by atoms with Gasteiger partial charge in [0.15, 0.2) is 0 Å². The summed E-state index contributed by atoms with van der Waals surface area (Å²) >= 11 is 0. The molecule has 0 saturated heterocycles. The van der Waals surface area contributed by atoms with Crippen molar-refractivity contribution < 1.29 is 9.57 Å². The maximum Gasteiger partial charge on any atom is 0.142 e. The van der Waals surface area contributed by atoms with Crippen LogP contribution in [0, 0.1) is 0 Å². The van der Waals surface area contributed by atoms with Crippen molar-refractivity contribution in [1.29, 1.82) is 0 Å². The van der Waals surface area contributed by atoms with Crippen LogP contribution in [-0.4, -0.2) is 13.7 Å². The van der Waals surface area contributed by atoms with Gasteiger partial charge in [0.1, 0.15) is 12.4 Å². The first kappa shape index (κ1) is 4.46. The van der Waals surface area contributed by atoms with Crippen molar-refractivity contribution in [2.45, 2.75) is 0 Å². The van der Waals surface area contributed by atoms with E-state index in [1.807, 2.05) is 0 Å². The zero-order valence-corrected chi connectivity index (χ0v) is 4.10. The summed E-state index contributed by atoms with van der Waals surface area (Å²) in [4.78, 5) is 4.68. The second-order valence-corrected chi connectivity index (χ2v) is 1.22. The molecule has 1 aliphatic rings. The van der Waals surface area contributed by atoms with Gasteiger partial charge in [0.05, 0.1) is 13.3 Å². The molecule has 7 heavy (non-hydrogen) atoms. The molecule has 3 heteroatoms. The van der Waals surface area contributed by atoms with Crippen molar-refractivity contribution >= 4 is 0 Å². The van der Waals surface area contributed by atoms with Gasteiger partial charge in [0.2, 0.25) is 0 Å². The first-order valence-corrected chi connectivity index (χ1v) is 2.04. The number of rotatable bonds is 1. The molecule has 0 atom stereocenters. The second kappa shape index (κ2) is 1.84. The highest BCUT2D eigenvalue weighted by Crippen LogP contribution is 1.97. The SMILES string of the molecule is COC1=CNOC1. The van der Waals surface area contributed by atoms with Crippen molar-refractivity contribution in [3.63, 3.8) is 0 Å². The molecule has 0 aromatic carbocycles. The highest BCUT2D eigenvalue weighted by atomic mass is 16.7. The summed E-state index contributed by atoms with van der Waals surface area (Å²) in [6.45, 7) is 0.538. The summed E-state index contributed by atoms with van der Waals surface area (Å²) < 4.78 is 4.78. The van der Waals surface area contributed by atoms with E-state index in [-0.39, 0.29) is 0 Å². The lowest BCUT2D eigenvalue weighted by atomic mass is 10.6. The monoisotopic (exact) mass is 101 g/mol. The van der Waals surface area contributed by atoms with Gasteiger partial charge in [0.25, 0.3) is 0 Å². The summed E-state index contributed by atoms with van der Waals surface area (Å²) in [6, 6.07) is 0. The molecule has 0 aromatic heterocycles. The Hall–Kier alpha value is -0.700. The highest BCUT2D eigenvalue weighted by Gasteiger charge is 2.00. The van der Waals surface area contributed by atoms with Crippen molar-refractivity contribution in [2.75, 3.05) is 13.7 Å². The van der Waals surface area contributed by atoms with Gasteiger partial charge in [-0.2, -0.15) is 0 Å². The number of methoxy groups -OCH3 is 1. The van der Waals surface area contributed by atoms with E-state index in [4.69, 9.17) is 4.74 Å². The Bertz CT molecular complexity index is 89.7. The quantitative estimate of drug-likeness (QED) is 0.504. The summed E-state index contributed by atoms with van der Waals surface area (Å²) in [5.41, 5.74) is 2.54. The van der Waals surface area contributed by atoms with Crippen molar-refractivity contribution in [3.05, 3.63) is 12.0 Å². The van der Waals surface area contributed by atoms with E-state index < -0.39 is 0 Å². The zero-order chi connectivity index (χ0) is 5.11. The predicted octanol–water partition coefficient (Wildman–Crippen LogP) is 0.00900. The molecule has 1 heterocycles. The summed E-state index contributed by atoms with van der Waals surface area (Å²) in [5, 5.41) is 0. The average molecular weight is 101 g/mol. The van der Waals surface area contributed by atoms with Crippen molar-refractivity contribution in [3.8, 4) is 0 Å². The third-order valence-electron chi connectivity index (χ3n) is 0.780. The lowest BCUT2D eigenvalue weighted by Gasteiger charge is -1.91. The van der Waals surface area contributed by atoms with Gasteiger partial charge in [0, 0.05) is 0 Å². The Balaban J connectivity index is 2.36. The van der Waals surface area contributed by atoms with Gasteiger partial charge < -0.3 is 4.74 Å². The lowest BCUT2D eigenvalue weighted by molar-refractivity contribution is 0.0950. The maximum atomic E-state index is 4.78. The number of hydroxylamine groups is 1. The fourth-order valence-electron chi connectivity index (χ4n) is 0.380. The number of nitrogens with one attached hydrogen (secondary N) is 1. The van der Waals surface area contributed by atoms with Gasteiger partial charge in [-0.25, -0.2) is 0 Å². The zero-order valence-electron chi connectivity index (χ0n) is 4.10. The molecule has 0 radical (unpaired) electrons. The molecule has 0 spiro atoms. The second-order valence-electron chi connectivity index (χ2n) is 1.22. The topological polar surface area (TPSA) is 30.5 Å². The molecule has 1 N–H and O–H groups in total. The maximum absolute atomic E-state index is 4.78. The van der Waals surface area contributed by atoms with Crippen LogP contribution in [0.2, 0.25) is 0 Å². The molecular weight excluding hydrogens is 94.0 g/mol. The van der Waals surface area contributed by atoms with Crippen LogP contribution in [0.3, 0.4) is 0 Å². The molecule has 0 amide bonds. The molecule has 3 nitrogen and oxygen atoms in total. The number of hydrogen-bond acceptors (Lipinski definition) is 3. The Kier molecular flexibility index (Phi) is 1.17. The van der Waals surface area contributed by atoms with Crippen molar-refractivity contribution in [1.82, 2.24) is 5.48 Å². The smallest absolute Gasteiger partial charge is 0.142 e. The van der Waals surface area contributed by atoms with Crippen LogP contribution in [0.5, 0.6) is 0 Å². The Labute approximate surface area is 41.9 Å². The van der Waals surface area contributed by atoms with E-state index in [1.165, 1.54) is 0 Å². The normalized spacial score (nSPS) is 18.1. The van der Waals surface area contributed by atoms with Crippen LogP contribution in [-0.2, 0) is 9.57 Å². The lowest BCUT2D eigenvalue weighted by Crippen LogP contribution is -1.96. The Morgan fingerprint density at radius 2 is 2.86 bits per heavy atom. The molecule has 1 rings (SSSR count). The first-order chi connectivity index (χ1) is 3.43. The fraction of sp³-hybridized carbons (Fsp3) is 0.500. The molecule has 0 fully saturated rings. The van der Waals surface area contributed by atoms with Gasteiger partial charge in [-0.1, -0.05) is 0 Å². The van der Waals surface area contributed by atoms with E-state index in [2.05, 4.69) is 10.3 Å². The van der Waals surface area contributed by atoms with E-state index in [0.29, 0.717) is 6.61 Å². The van der Waals surface area contributed by atoms with Crippen molar-refractivity contribution in [2.24, 2.45) is 0 Å². The minimum atomic E-state index is 0.538. The molecule has 0 aromatic rings.